The molecule has 9 rings (SSSR count). The molecule has 1 aromatic heterocycles. The van der Waals surface area contributed by atoms with Gasteiger partial charge in [-0.3, -0.25) is 0 Å². The molecule has 0 aliphatic heterocycles. The van der Waals surface area contributed by atoms with Crippen LogP contribution in [0.5, 0.6) is 0 Å². The molecule has 0 unspecified atom stereocenters. The summed E-state index contributed by atoms with van der Waals surface area (Å²) in [6.07, 6.45) is 0.865. The van der Waals surface area contributed by atoms with Gasteiger partial charge in [0, 0.05) is 34.0 Å². The van der Waals surface area contributed by atoms with E-state index in [1.807, 2.05) is 6.07 Å². The van der Waals surface area contributed by atoms with E-state index in [4.69, 9.17) is 4.42 Å². The van der Waals surface area contributed by atoms with Crippen LogP contribution < -0.4 is 5.32 Å². The molecular formula is C51H45NO. The van der Waals surface area contributed by atoms with E-state index >= 15 is 0 Å². The maximum Gasteiger partial charge on any atom is 0.136 e. The van der Waals surface area contributed by atoms with E-state index in [9.17, 15) is 0 Å². The van der Waals surface area contributed by atoms with Gasteiger partial charge < -0.3 is 9.73 Å². The van der Waals surface area contributed by atoms with Crippen LogP contribution in [-0.4, -0.2) is 0 Å². The highest BCUT2D eigenvalue weighted by Gasteiger charge is 2.31. The Hall–Kier alpha value is -5.86. The molecule has 53 heavy (non-hydrogen) atoms. The molecule has 260 valence electrons. The van der Waals surface area contributed by atoms with Crippen LogP contribution in [-0.2, 0) is 17.3 Å². The van der Waals surface area contributed by atoms with Crippen LogP contribution in [0.1, 0.15) is 63.8 Å². The molecule has 2 heteroatoms. The Balaban J connectivity index is 1.38. The normalized spacial score (nSPS) is 12.6. The van der Waals surface area contributed by atoms with Crippen molar-refractivity contribution in [3.8, 4) is 44.5 Å². The SMILES string of the molecule is CC(C)(C)c1ccccc1-c1cc2c(c(Nc3ccccc3-c3cccc4oc5ccccc5c34)c1-c1ccccc1C(C)(C)C)Cc1ccccc1-2. The fraction of sp³-hybridized carbons (Fsp3) is 0.176. The summed E-state index contributed by atoms with van der Waals surface area (Å²) in [4.78, 5) is 0. The van der Waals surface area contributed by atoms with Crippen LogP contribution >= 0.6 is 0 Å². The lowest BCUT2D eigenvalue weighted by molar-refractivity contribution is 0.591. The van der Waals surface area contributed by atoms with Crippen molar-refractivity contribution >= 4 is 33.3 Å². The zero-order valence-electron chi connectivity index (χ0n) is 31.5. The average molecular weight is 688 g/mol. The van der Waals surface area contributed by atoms with E-state index in [0.29, 0.717) is 0 Å². The molecule has 1 aliphatic carbocycles. The number of nitrogens with one attached hydrogen (secondary N) is 1. The quantitative estimate of drug-likeness (QED) is 0.195. The van der Waals surface area contributed by atoms with Crippen LogP contribution in [0.4, 0.5) is 11.4 Å². The standard InChI is InChI=1S/C51H45NO/c1-50(2,3)42-25-13-9-20-34(42)40-31-39-33-19-8-7-18-32(33)30-41(39)49(48(40)37-22-10-14-26-43(37)51(4,5)6)52-44-27-15-11-21-35(44)36-24-17-29-46-47(36)38-23-12-16-28-45(38)53-46/h7-29,31,52H,30H2,1-6H3. The first-order valence-electron chi connectivity index (χ1n) is 18.8. The van der Waals surface area contributed by atoms with Gasteiger partial charge in [0.25, 0.3) is 0 Å². The minimum atomic E-state index is -0.0768. The minimum absolute atomic E-state index is 0.0550. The number of rotatable bonds is 5. The third kappa shape index (κ3) is 5.56. The molecule has 0 bridgehead atoms. The highest BCUT2D eigenvalue weighted by molar-refractivity contribution is 6.14. The molecule has 0 radical (unpaired) electrons. The third-order valence-electron chi connectivity index (χ3n) is 11.0. The largest absolute Gasteiger partial charge is 0.456 e. The van der Waals surface area contributed by atoms with Crippen molar-refractivity contribution in [2.24, 2.45) is 0 Å². The van der Waals surface area contributed by atoms with Gasteiger partial charge in [-0.1, -0.05) is 163 Å². The second-order valence-electron chi connectivity index (χ2n) is 16.6. The van der Waals surface area contributed by atoms with Crippen LogP contribution in [0.25, 0.3) is 66.4 Å². The fourth-order valence-corrected chi connectivity index (χ4v) is 8.59. The van der Waals surface area contributed by atoms with Crippen molar-refractivity contribution in [1.29, 1.82) is 0 Å². The van der Waals surface area contributed by atoms with Crippen LogP contribution in [0.2, 0.25) is 0 Å². The monoisotopic (exact) mass is 687 g/mol. The zero-order valence-corrected chi connectivity index (χ0v) is 31.5. The van der Waals surface area contributed by atoms with Crippen molar-refractivity contribution < 1.29 is 4.42 Å². The molecule has 8 aromatic rings. The van der Waals surface area contributed by atoms with Gasteiger partial charge in [0.15, 0.2) is 0 Å². The Morgan fingerprint density at radius 1 is 0.472 bits per heavy atom. The Morgan fingerprint density at radius 2 is 1.04 bits per heavy atom. The highest BCUT2D eigenvalue weighted by Crippen LogP contribution is 2.53. The van der Waals surface area contributed by atoms with Crippen molar-refractivity contribution in [1.82, 2.24) is 0 Å². The van der Waals surface area contributed by atoms with E-state index in [2.05, 4.69) is 186 Å². The summed E-state index contributed by atoms with van der Waals surface area (Å²) in [7, 11) is 0. The van der Waals surface area contributed by atoms with E-state index in [1.165, 1.54) is 61.3 Å². The first-order valence-corrected chi connectivity index (χ1v) is 18.8. The number of furan rings is 1. The summed E-state index contributed by atoms with van der Waals surface area (Å²) in [5, 5.41) is 6.46. The molecule has 0 amide bonds. The van der Waals surface area contributed by atoms with Crippen LogP contribution in [0.3, 0.4) is 0 Å². The maximum absolute atomic E-state index is 6.37. The Morgan fingerprint density at radius 3 is 1.79 bits per heavy atom. The fourth-order valence-electron chi connectivity index (χ4n) is 8.59. The summed E-state index contributed by atoms with van der Waals surface area (Å²) in [6, 6.07) is 53.1. The number of benzene rings is 7. The minimum Gasteiger partial charge on any atom is -0.456 e. The molecule has 0 saturated heterocycles. The molecule has 0 saturated carbocycles. The van der Waals surface area contributed by atoms with Crippen LogP contribution in [0, 0.1) is 0 Å². The second-order valence-corrected chi connectivity index (χ2v) is 16.6. The van der Waals surface area contributed by atoms with E-state index in [-0.39, 0.29) is 10.8 Å². The van der Waals surface area contributed by atoms with Crippen LogP contribution in [0.15, 0.2) is 150 Å². The molecule has 0 fully saturated rings. The van der Waals surface area contributed by atoms with Crippen molar-refractivity contribution in [2.45, 2.75) is 58.8 Å². The van der Waals surface area contributed by atoms with Crippen molar-refractivity contribution in [2.75, 3.05) is 5.32 Å². The molecule has 0 spiro atoms. The Bertz CT molecular complexity index is 2690. The molecule has 7 aromatic carbocycles. The Labute approximate surface area is 313 Å². The van der Waals surface area contributed by atoms with Gasteiger partial charge in [-0.05, 0) is 90.7 Å². The van der Waals surface area contributed by atoms with Gasteiger partial charge in [0.05, 0.1) is 5.69 Å². The molecule has 2 nitrogen and oxygen atoms in total. The molecular weight excluding hydrogens is 643 g/mol. The van der Waals surface area contributed by atoms with Crippen molar-refractivity contribution in [3.63, 3.8) is 0 Å². The van der Waals surface area contributed by atoms with E-state index in [0.717, 1.165) is 45.2 Å². The van der Waals surface area contributed by atoms with Crippen molar-refractivity contribution in [3.05, 3.63) is 168 Å². The van der Waals surface area contributed by atoms with E-state index in [1.54, 1.807) is 0 Å². The zero-order chi connectivity index (χ0) is 36.5. The van der Waals surface area contributed by atoms with Gasteiger partial charge in [0.1, 0.15) is 11.2 Å². The first kappa shape index (κ1) is 33.0. The van der Waals surface area contributed by atoms with Gasteiger partial charge in [-0.25, -0.2) is 0 Å². The average Bonchev–Trinajstić information content (AvgIpc) is 3.73. The molecule has 1 N–H and O–H groups in total. The lowest BCUT2D eigenvalue weighted by Gasteiger charge is -2.30. The number of anilines is 2. The summed E-state index contributed by atoms with van der Waals surface area (Å²) < 4.78 is 6.37. The third-order valence-corrected chi connectivity index (χ3v) is 11.0. The summed E-state index contributed by atoms with van der Waals surface area (Å²) in [6.45, 7) is 14.0. The lowest BCUT2D eigenvalue weighted by atomic mass is 9.76. The predicted octanol–water partition coefficient (Wildman–Crippen LogP) is 14.5. The predicted molar refractivity (Wildman–Crippen MR) is 225 cm³/mol. The molecule has 1 aliphatic rings. The summed E-state index contributed by atoms with van der Waals surface area (Å²) in [5.74, 6) is 0. The topological polar surface area (TPSA) is 25.2 Å². The van der Waals surface area contributed by atoms with Gasteiger partial charge in [0.2, 0.25) is 0 Å². The van der Waals surface area contributed by atoms with Gasteiger partial charge in [-0.2, -0.15) is 0 Å². The molecule has 1 heterocycles. The summed E-state index contributed by atoms with van der Waals surface area (Å²) >= 11 is 0. The number of hydrogen-bond donors (Lipinski definition) is 1. The Kier molecular flexibility index (Phi) is 7.71. The number of para-hydroxylation sites is 2. The number of fused-ring (bicyclic) bond motifs is 6. The second kappa shape index (κ2) is 12.4. The van der Waals surface area contributed by atoms with Gasteiger partial charge >= 0.3 is 0 Å². The maximum atomic E-state index is 6.37. The molecule has 0 atom stereocenters. The van der Waals surface area contributed by atoms with E-state index < -0.39 is 0 Å². The lowest BCUT2D eigenvalue weighted by Crippen LogP contribution is -2.15. The first-order chi connectivity index (χ1) is 25.6. The highest BCUT2D eigenvalue weighted by atomic mass is 16.3. The smallest absolute Gasteiger partial charge is 0.136 e. The summed E-state index contributed by atoms with van der Waals surface area (Å²) in [5.41, 5.74) is 19.2. The van der Waals surface area contributed by atoms with Gasteiger partial charge in [-0.15, -0.1) is 0 Å². The number of hydrogen-bond acceptors (Lipinski definition) is 2.